The van der Waals surface area contributed by atoms with Crippen molar-refractivity contribution >= 4 is 35.1 Å². The number of aliphatic hydroxyl groups excluding tert-OH is 1. The summed E-state index contributed by atoms with van der Waals surface area (Å²) in [5, 5.41) is 23.3. The molecule has 21 heteroatoms. The van der Waals surface area contributed by atoms with Crippen LogP contribution in [0.15, 0.2) is 15.7 Å². The highest BCUT2D eigenvalue weighted by atomic mass is 35.5. The average molecular weight is 571 g/mol. The normalized spacial score (nSPS) is 29.5. The lowest BCUT2D eigenvalue weighted by atomic mass is 9.93. The van der Waals surface area contributed by atoms with E-state index in [9.17, 15) is 43.3 Å². The van der Waals surface area contributed by atoms with Crippen LogP contribution in [0, 0.1) is 18.2 Å². The Kier molecular flexibility index (Phi) is 8.59. The second-order valence-corrected chi connectivity index (χ2v) is 11.4. The van der Waals surface area contributed by atoms with Gasteiger partial charge in [-0.1, -0.05) is 0 Å². The number of aliphatic hydroxyl groups is 2. The first-order chi connectivity index (χ1) is 15.3. The summed E-state index contributed by atoms with van der Waals surface area (Å²) in [5.41, 5.74) is -4.57. The van der Waals surface area contributed by atoms with E-state index in [1.54, 1.807) is 5.38 Å². The summed E-state index contributed by atoms with van der Waals surface area (Å²) in [5.74, 6) is 2.03. The minimum atomic E-state index is -5.83. The third-order valence-electron chi connectivity index (χ3n) is 4.25. The van der Waals surface area contributed by atoms with E-state index in [1.165, 1.54) is 6.92 Å². The van der Waals surface area contributed by atoms with Crippen molar-refractivity contribution in [3.63, 3.8) is 0 Å². The molecule has 192 valence electrons. The van der Waals surface area contributed by atoms with Gasteiger partial charge in [0.05, 0.1) is 6.10 Å². The van der Waals surface area contributed by atoms with E-state index in [4.69, 9.17) is 26.1 Å². The molecule has 7 N–H and O–H groups in total. The van der Waals surface area contributed by atoms with Gasteiger partial charge in [-0.05, 0) is 31.4 Å². The molecule has 0 radical (unpaired) electrons. The van der Waals surface area contributed by atoms with E-state index in [0.717, 1.165) is 13.0 Å². The smallest absolute Gasteiger partial charge is 0.386 e. The van der Waals surface area contributed by atoms with Crippen LogP contribution in [0.5, 0.6) is 0 Å². The number of phosphoric ester groups is 1. The summed E-state index contributed by atoms with van der Waals surface area (Å²) in [4.78, 5) is 61.7. The third kappa shape index (κ3) is 6.73. The van der Waals surface area contributed by atoms with Crippen molar-refractivity contribution in [2.75, 3.05) is 0 Å². The number of nitrogens with zero attached hydrogens (tertiary/aromatic N) is 1. The summed E-state index contributed by atoms with van der Waals surface area (Å²) in [6, 6.07) is 0.953. The van der Waals surface area contributed by atoms with Gasteiger partial charge in [-0.3, -0.25) is 18.9 Å². The maximum absolute atomic E-state index is 12.3. The van der Waals surface area contributed by atoms with Crippen LogP contribution >= 0.6 is 35.1 Å². The number of H-pyrrole nitrogens is 1. The van der Waals surface area contributed by atoms with Crippen LogP contribution in [0.1, 0.15) is 18.8 Å². The minimum Gasteiger partial charge on any atom is -0.386 e. The molecule has 17 nitrogen and oxygen atoms in total. The molecule has 7 atom stereocenters. The molecule has 0 saturated carbocycles. The van der Waals surface area contributed by atoms with Crippen molar-refractivity contribution in [3.8, 4) is 11.3 Å². The first kappa shape index (κ1) is 29.1. The molecule has 2 heterocycles. The van der Waals surface area contributed by atoms with E-state index in [1.807, 2.05) is 10.9 Å². The molecule has 1 saturated heterocycles. The fraction of sp³-hybridized carbons (Fsp3) is 0.538. The Bertz CT molecular complexity index is 1260. The second kappa shape index (κ2) is 10.1. The van der Waals surface area contributed by atoms with E-state index in [-0.39, 0.29) is 5.69 Å². The zero-order valence-corrected chi connectivity index (χ0v) is 20.4. The van der Waals surface area contributed by atoms with Gasteiger partial charge in [0.2, 0.25) is 5.60 Å². The quantitative estimate of drug-likeness (QED) is 0.142. The molecule has 1 aromatic rings. The third-order valence-corrected chi connectivity index (χ3v) is 8.27. The molecule has 4 unspecified atom stereocenters. The molecule has 0 spiro atoms. The van der Waals surface area contributed by atoms with E-state index >= 15 is 0 Å². The minimum absolute atomic E-state index is 0.0538. The molecule has 1 aliphatic heterocycles. The Balaban J connectivity index is 2.37. The Hall–Kier alpha value is -1.18. The average Bonchev–Trinajstić information content (AvgIpc) is 2.83. The number of ether oxygens (including phenoxy) is 1. The number of nitrogens with one attached hydrogen (secondary N) is 1. The maximum atomic E-state index is 12.3. The fourth-order valence-corrected chi connectivity index (χ4v) is 6.39. The molecule has 0 bridgehead atoms. The molecule has 0 aromatic carbocycles. The number of aromatic nitrogens is 2. The first-order valence-electron chi connectivity index (χ1n) is 8.65. The Morgan fingerprint density at radius 1 is 1.21 bits per heavy atom. The van der Waals surface area contributed by atoms with E-state index in [2.05, 4.69) is 13.1 Å². The van der Waals surface area contributed by atoms with Crippen LogP contribution in [0.3, 0.4) is 0 Å². The zero-order valence-electron chi connectivity index (χ0n) is 16.9. The highest BCUT2D eigenvalue weighted by Gasteiger charge is 2.59. The lowest BCUT2D eigenvalue weighted by Crippen LogP contribution is -2.49. The van der Waals surface area contributed by atoms with Crippen molar-refractivity contribution < 1.29 is 61.4 Å². The highest BCUT2D eigenvalue weighted by molar-refractivity contribution is 7.66. The number of phosphoric acid groups is 3. The highest BCUT2D eigenvalue weighted by Crippen LogP contribution is 2.66. The van der Waals surface area contributed by atoms with Crippen molar-refractivity contribution in [1.82, 2.24) is 9.55 Å². The van der Waals surface area contributed by atoms with E-state index < -0.39 is 64.9 Å². The number of hydrogen-bond acceptors (Lipinski definition) is 11. The van der Waals surface area contributed by atoms with Gasteiger partial charge in [0.1, 0.15) is 12.2 Å². The number of aromatic amines is 1. The lowest BCUT2D eigenvalue weighted by molar-refractivity contribution is -0.0877. The van der Waals surface area contributed by atoms with Gasteiger partial charge >= 0.3 is 29.2 Å². The van der Waals surface area contributed by atoms with Crippen LogP contribution in [0.2, 0.25) is 0 Å². The summed E-state index contributed by atoms with van der Waals surface area (Å²) in [6.07, 6.45) is -7.54. The molecule has 0 aliphatic carbocycles. The summed E-state index contributed by atoms with van der Waals surface area (Å²) in [6.45, 7) is 2.25. The number of aryl methyl sites for hydroxylation is 1. The SMILES string of the molecule is Cc1cc(=O)[nH]c(=O)n1[C@@H]1O[C@H]([C@H](C)OP(=O)(O)OP(=O)(O)OP(=O)(O)O)C(O)C1(O)C#CCl. The van der Waals surface area contributed by atoms with Crippen LogP contribution in [0.4, 0.5) is 0 Å². The summed E-state index contributed by atoms with van der Waals surface area (Å²) < 4.78 is 52.1. The van der Waals surface area contributed by atoms with Gasteiger partial charge in [0, 0.05) is 17.1 Å². The van der Waals surface area contributed by atoms with Gasteiger partial charge in [-0.25, -0.2) is 18.5 Å². The standard InChI is InChI=1S/C13H18ClN2O15P3/c1-6-5-8(17)15-12(19)16(6)11-13(20,3-4-14)10(18)9(28-11)7(2)29-33(24,25)31-34(26,27)30-32(21,22)23/h5,7,9-11,18,20H,1-2H3,(H,24,25)(H,26,27)(H,15,17,19)(H2,21,22,23)/t7-,9+,10?,11+,13?/m0/s1. The topological polar surface area (TPSA) is 264 Å². The molecular formula is C13H18ClN2O15P3. The van der Waals surface area contributed by atoms with Crippen LogP contribution < -0.4 is 11.2 Å². The fourth-order valence-electron chi connectivity index (χ4n) is 3.04. The molecule has 1 aromatic heterocycles. The number of hydrogen-bond donors (Lipinski definition) is 7. The maximum Gasteiger partial charge on any atom is 0.490 e. The Morgan fingerprint density at radius 3 is 2.29 bits per heavy atom. The molecule has 1 fully saturated rings. The van der Waals surface area contributed by atoms with Gasteiger partial charge in [-0.15, -0.1) is 0 Å². The van der Waals surface area contributed by atoms with Crippen molar-refractivity contribution in [2.24, 2.45) is 0 Å². The molecule has 34 heavy (non-hydrogen) atoms. The predicted octanol–water partition coefficient (Wildman–Crippen LogP) is -1.23. The molecular weight excluding hydrogens is 553 g/mol. The first-order valence-corrected chi connectivity index (χ1v) is 13.6. The molecule has 1 aliphatic rings. The predicted molar refractivity (Wildman–Crippen MR) is 109 cm³/mol. The van der Waals surface area contributed by atoms with Crippen molar-refractivity contribution in [3.05, 3.63) is 32.6 Å². The van der Waals surface area contributed by atoms with Crippen molar-refractivity contribution in [2.45, 2.75) is 44.0 Å². The lowest BCUT2D eigenvalue weighted by Gasteiger charge is -2.27. The monoisotopic (exact) mass is 570 g/mol. The number of halogens is 1. The van der Waals surface area contributed by atoms with Crippen molar-refractivity contribution in [1.29, 1.82) is 0 Å². The number of rotatable bonds is 8. The zero-order chi connectivity index (χ0) is 26.3. The van der Waals surface area contributed by atoms with Crippen LogP contribution in [-0.2, 0) is 31.6 Å². The molecule has 2 rings (SSSR count). The Labute approximate surface area is 194 Å². The second-order valence-electron chi connectivity index (χ2n) is 6.79. The summed E-state index contributed by atoms with van der Waals surface area (Å²) >= 11 is 5.35. The van der Waals surface area contributed by atoms with Gasteiger partial charge in [0.15, 0.2) is 6.23 Å². The Morgan fingerprint density at radius 2 is 1.79 bits per heavy atom. The molecule has 0 amide bonds. The van der Waals surface area contributed by atoms with Gasteiger partial charge < -0.3 is 34.5 Å². The summed E-state index contributed by atoms with van der Waals surface area (Å²) in [7, 11) is -17.1. The largest absolute Gasteiger partial charge is 0.490 e. The van der Waals surface area contributed by atoms with Crippen LogP contribution in [-0.4, -0.2) is 63.3 Å². The van der Waals surface area contributed by atoms with E-state index in [0.29, 0.717) is 4.57 Å². The van der Waals surface area contributed by atoms with Gasteiger partial charge in [0.25, 0.3) is 5.56 Å². The van der Waals surface area contributed by atoms with Crippen LogP contribution in [0.25, 0.3) is 0 Å². The van der Waals surface area contributed by atoms with Gasteiger partial charge in [-0.2, -0.15) is 8.62 Å².